The summed E-state index contributed by atoms with van der Waals surface area (Å²) < 4.78 is 0.980. The van der Waals surface area contributed by atoms with Gasteiger partial charge in [-0.3, -0.25) is 9.59 Å². The summed E-state index contributed by atoms with van der Waals surface area (Å²) in [4.78, 5) is 23.8. The van der Waals surface area contributed by atoms with Gasteiger partial charge in [0.05, 0.1) is 6.42 Å². The van der Waals surface area contributed by atoms with E-state index in [4.69, 9.17) is 5.11 Å². The molecule has 1 N–H and O–H groups in total. The van der Waals surface area contributed by atoms with E-state index in [1.54, 1.807) is 11.9 Å². The molecule has 0 aliphatic rings. The van der Waals surface area contributed by atoms with Gasteiger partial charge in [0, 0.05) is 24.5 Å². The minimum atomic E-state index is -0.830. The fourth-order valence-electron chi connectivity index (χ4n) is 1.50. The van der Waals surface area contributed by atoms with Gasteiger partial charge in [-0.15, -0.1) is 0 Å². The summed E-state index contributed by atoms with van der Waals surface area (Å²) >= 11 is 3.34. The standard InChI is InChI=1S/C13H16BrNO3/c1-15(8-2-3-13(17)18)12(16)9-10-4-6-11(14)7-5-10/h4-7H,2-3,8-9H2,1H3,(H,17,18). The molecule has 1 aromatic carbocycles. The van der Waals surface area contributed by atoms with Crippen LogP contribution in [0.3, 0.4) is 0 Å². The molecule has 5 heteroatoms. The number of carboxylic acids is 1. The molecule has 1 rings (SSSR count). The molecule has 0 aromatic heterocycles. The molecule has 0 saturated carbocycles. The average molecular weight is 314 g/mol. The maximum Gasteiger partial charge on any atom is 0.303 e. The Balaban J connectivity index is 2.39. The SMILES string of the molecule is CN(CCCC(=O)O)C(=O)Cc1ccc(Br)cc1. The summed E-state index contributed by atoms with van der Waals surface area (Å²) in [6.07, 6.45) is 0.921. The van der Waals surface area contributed by atoms with E-state index in [-0.39, 0.29) is 12.3 Å². The number of hydrogen-bond donors (Lipinski definition) is 1. The van der Waals surface area contributed by atoms with E-state index in [1.165, 1.54) is 0 Å². The van der Waals surface area contributed by atoms with E-state index in [9.17, 15) is 9.59 Å². The van der Waals surface area contributed by atoms with E-state index in [1.807, 2.05) is 24.3 Å². The Bertz CT molecular complexity index is 417. The van der Waals surface area contributed by atoms with E-state index in [0.29, 0.717) is 19.4 Å². The number of carbonyl (C=O) groups is 2. The molecule has 0 radical (unpaired) electrons. The van der Waals surface area contributed by atoms with Gasteiger partial charge in [-0.05, 0) is 24.1 Å². The molecule has 0 saturated heterocycles. The van der Waals surface area contributed by atoms with Crippen molar-refractivity contribution in [1.82, 2.24) is 4.90 Å². The van der Waals surface area contributed by atoms with Gasteiger partial charge >= 0.3 is 5.97 Å². The number of nitrogens with zero attached hydrogens (tertiary/aromatic N) is 1. The molecule has 1 amide bonds. The van der Waals surface area contributed by atoms with Crippen LogP contribution in [0.1, 0.15) is 18.4 Å². The maximum absolute atomic E-state index is 11.8. The summed E-state index contributed by atoms with van der Waals surface area (Å²) in [5, 5.41) is 8.52. The Morgan fingerprint density at radius 3 is 2.44 bits per heavy atom. The quantitative estimate of drug-likeness (QED) is 0.876. The van der Waals surface area contributed by atoms with Crippen molar-refractivity contribution in [3.8, 4) is 0 Å². The Morgan fingerprint density at radius 2 is 1.89 bits per heavy atom. The third kappa shape index (κ3) is 5.31. The first-order chi connectivity index (χ1) is 8.49. The molecule has 0 heterocycles. The van der Waals surface area contributed by atoms with Crippen LogP contribution in [0.2, 0.25) is 0 Å². The third-order valence-electron chi connectivity index (χ3n) is 2.58. The number of rotatable bonds is 6. The van der Waals surface area contributed by atoms with Crippen molar-refractivity contribution in [2.24, 2.45) is 0 Å². The van der Waals surface area contributed by atoms with Crippen LogP contribution in [0.25, 0.3) is 0 Å². The lowest BCUT2D eigenvalue weighted by Gasteiger charge is -2.16. The second-order valence-corrected chi connectivity index (χ2v) is 5.03. The number of carbonyl (C=O) groups excluding carboxylic acids is 1. The van der Waals surface area contributed by atoms with Crippen molar-refractivity contribution in [3.05, 3.63) is 34.3 Å². The van der Waals surface area contributed by atoms with E-state index in [2.05, 4.69) is 15.9 Å². The summed E-state index contributed by atoms with van der Waals surface area (Å²) in [7, 11) is 1.70. The summed E-state index contributed by atoms with van der Waals surface area (Å²) in [5.74, 6) is -0.827. The zero-order valence-corrected chi connectivity index (χ0v) is 11.8. The zero-order chi connectivity index (χ0) is 13.5. The van der Waals surface area contributed by atoms with Gasteiger partial charge < -0.3 is 10.0 Å². The van der Waals surface area contributed by atoms with Gasteiger partial charge in [0.25, 0.3) is 0 Å². The second-order valence-electron chi connectivity index (χ2n) is 4.12. The largest absolute Gasteiger partial charge is 0.481 e. The second kappa shape index (κ2) is 7.16. The Morgan fingerprint density at radius 1 is 1.28 bits per heavy atom. The molecule has 0 aliphatic heterocycles. The molecular weight excluding hydrogens is 298 g/mol. The molecule has 1 aromatic rings. The number of halogens is 1. The third-order valence-corrected chi connectivity index (χ3v) is 3.11. The highest BCUT2D eigenvalue weighted by molar-refractivity contribution is 9.10. The van der Waals surface area contributed by atoms with Crippen LogP contribution in [0.4, 0.5) is 0 Å². The molecule has 0 fully saturated rings. The van der Waals surface area contributed by atoms with Crippen molar-refractivity contribution >= 4 is 27.8 Å². The lowest BCUT2D eigenvalue weighted by molar-refractivity contribution is -0.138. The van der Waals surface area contributed by atoms with Gasteiger partial charge in [0.2, 0.25) is 5.91 Å². The first-order valence-electron chi connectivity index (χ1n) is 5.69. The average Bonchev–Trinajstić information content (AvgIpc) is 2.31. The molecule has 0 bridgehead atoms. The molecule has 98 valence electrons. The van der Waals surface area contributed by atoms with Gasteiger partial charge in [0.15, 0.2) is 0 Å². The summed E-state index contributed by atoms with van der Waals surface area (Å²) in [5.41, 5.74) is 0.952. The van der Waals surface area contributed by atoms with Crippen LogP contribution in [0, 0.1) is 0 Å². The number of hydrogen-bond acceptors (Lipinski definition) is 2. The van der Waals surface area contributed by atoms with Gasteiger partial charge in [0.1, 0.15) is 0 Å². The molecule has 0 aliphatic carbocycles. The minimum absolute atomic E-state index is 0.00251. The van der Waals surface area contributed by atoms with Gasteiger partial charge in [-0.25, -0.2) is 0 Å². The molecule has 0 spiro atoms. The number of aliphatic carboxylic acids is 1. The van der Waals surface area contributed by atoms with Crippen molar-refractivity contribution in [1.29, 1.82) is 0 Å². The fraction of sp³-hybridized carbons (Fsp3) is 0.385. The Labute approximate surface area is 115 Å². The summed E-state index contributed by atoms with van der Waals surface area (Å²) in [6.45, 7) is 0.474. The van der Waals surface area contributed by atoms with E-state index in [0.717, 1.165) is 10.0 Å². The van der Waals surface area contributed by atoms with Crippen LogP contribution in [-0.2, 0) is 16.0 Å². The monoisotopic (exact) mass is 313 g/mol. The molecule has 0 unspecified atom stereocenters. The van der Waals surface area contributed by atoms with Crippen molar-refractivity contribution in [2.75, 3.05) is 13.6 Å². The van der Waals surface area contributed by atoms with Crippen LogP contribution in [0.15, 0.2) is 28.7 Å². The number of benzene rings is 1. The Hall–Kier alpha value is -1.36. The maximum atomic E-state index is 11.8. The number of carboxylic acid groups (broad SMARTS) is 1. The lowest BCUT2D eigenvalue weighted by Crippen LogP contribution is -2.29. The number of likely N-dealkylation sites (N-methyl/N-ethyl adjacent to an activating group) is 1. The molecule has 4 nitrogen and oxygen atoms in total. The highest BCUT2D eigenvalue weighted by atomic mass is 79.9. The van der Waals surface area contributed by atoms with Gasteiger partial charge in [-0.1, -0.05) is 28.1 Å². The molecular formula is C13H16BrNO3. The highest BCUT2D eigenvalue weighted by Gasteiger charge is 2.09. The molecule has 0 atom stereocenters. The van der Waals surface area contributed by atoms with Crippen LogP contribution >= 0.6 is 15.9 Å². The van der Waals surface area contributed by atoms with Crippen molar-refractivity contribution in [2.45, 2.75) is 19.3 Å². The van der Waals surface area contributed by atoms with E-state index < -0.39 is 5.97 Å². The first kappa shape index (κ1) is 14.7. The van der Waals surface area contributed by atoms with Crippen LogP contribution in [0.5, 0.6) is 0 Å². The normalized spacial score (nSPS) is 10.1. The van der Waals surface area contributed by atoms with Gasteiger partial charge in [-0.2, -0.15) is 0 Å². The minimum Gasteiger partial charge on any atom is -0.481 e. The van der Waals surface area contributed by atoms with E-state index >= 15 is 0 Å². The van der Waals surface area contributed by atoms with Crippen LogP contribution in [-0.4, -0.2) is 35.5 Å². The lowest BCUT2D eigenvalue weighted by atomic mass is 10.1. The molecule has 18 heavy (non-hydrogen) atoms. The predicted molar refractivity (Wildman–Crippen MR) is 72.4 cm³/mol. The highest BCUT2D eigenvalue weighted by Crippen LogP contribution is 2.11. The smallest absolute Gasteiger partial charge is 0.303 e. The van der Waals surface area contributed by atoms with Crippen molar-refractivity contribution in [3.63, 3.8) is 0 Å². The number of amides is 1. The topological polar surface area (TPSA) is 57.6 Å². The predicted octanol–water partition coefficient (Wildman–Crippen LogP) is 2.31. The first-order valence-corrected chi connectivity index (χ1v) is 6.48. The Kier molecular flexibility index (Phi) is 5.85. The zero-order valence-electron chi connectivity index (χ0n) is 10.2. The summed E-state index contributed by atoms with van der Waals surface area (Å²) in [6, 6.07) is 7.58. The van der Waals surface area contributed by atoms with Crippen molar-refractivity contribution < 1.29 is 14.7 Å². The fourth-order valence-corrected chi connectivity index (χ4v) is 1.77. The van der Waals surface area contributed by atoms with Crippen LogP contribution < -0.4 is 0 Å².